The van der Waals surface area contributed by atoms with Gasteiger partial charge in [-0.15, -0.1) is 0 Å². The third-order valence-corrected chi connectivity index (χ3v) is 3.33. The van der Waals surface area contributed by atoms with Crippen LogP contribution in [0.15, 0.2) is 17.7 Å². The zero-order chi connectivity index (χ0) is 14.9. The summed E-state index contributed by atoms with van der Waals surface area (Å²) in [7, 11) is 3.11. The molecule has 1 heterocycles. The van der Waals surface area contributed by atoms with E-state index < -0.39 is 11.6 Å². The van der Waals surface area contributed by atoms with Crippen LogP contribution < -0.4 is 14.2 Å². The van der Waals surface area contributed by atoms with E-state index in [1.165, 1.54) is 0 Å². The largest absolute Gasteiger partial charge is 0.493 e. The fraction of sp³-hybridized carbons (Fsp3) is 0.400. The van der Waals surface area contributed by atoms with Crippen LogP contribution in [0.25, 0.3) is 6.08 Å². The maximum atomic E-state index is 10.9. The molecule has 0 fully saturated rings. The third-order valence-electron chi connectivity index (χ3n) is 3.33. The summed E-state index contributed by atoms with van der Waals surface area (Å²) in [5.41, 5.74) is 0.841. The Hall–Kier alpha value is -2.17. The summed E-state index contributed by atoms with van der Waals surface area (Å²) in [6.07, 6.45) is 1.79. The maximum absolute atomic E-state index is 10.9. The number of benzene rings is 1. The quantitative estimate of drug-likeness (QED) is 0.917. The van der Waals surface area contributed by atoms with Gasteiger partial charge in [0.25, 0.3) is 0 Å². The first-order valence-corrected chi connectivity index (χ1v) is 6.25. The molecule has 1 aliphatic heterocycles. The molecule has 5 nitrogen and oxygen atoms in total. The number of hydrogen-bond donors (Lipinski definition) is 1. The summed E-state index contributed by atoms with van der Waals surface area (Å²) < 4.78 is 16.4. The van der Waals surface area contributed by atoms with Gasteiger partial charge in [-0.1, -0.05) is 0 Å². The van der Waals surface area contributed by atoms with E-state index in [0.717, 1.165) is 5.56 Å². The number of hydrogen-bond acceptors (Lipinski definition) is 4. The predicted octanol–water partition coefficient (Wildman–Crippen LogP) is 2.73. The molecular formula is C15H18O5. The lowest BCUT2D eigenvalue weighted by atomic mass is 9.90. The van der Waals surface area contributed by atoms with Gasteiger partial charge in [0.2, 0.25) is 0 Å². The smallest absolute Gasteiger partial charge is 0.307 e. The Kier molecular flexibility index (Phi) is 3.61. The average Bonchev–Trinajstić information content (AvgIpc) is 2.37. The topological polar surface area (TPSA) is 65.0 Å². The molecule has 0 amide bonds. The monoisotopic (exact) mass is 278 g/mol. The first-order valence-electron chi connectivity index (χ1n) is 6.25. The van der Waals surface area contributed by atoms with Gasteiger partial charge in [-0.05, 0) is 31.6 Å². The van der Waals surface area contributed by atoms with Gasteiger partial charge in [0.05, 0.1) is 20.6 Å². The molecule has 5 heteroatoms. The summed E-state index contributed by atoms with van der Waals surface area (Å²) in [6.45, 7) is 3.70. The molecule has 0 atom stereocenters. The van der Waals surface area contributed by atoms with Crippen LogP contribution in [-0.2, 0) is 4.79 Å². The van der Waals surface area contributed by atoms with Gasteiger partial charge >= 0.3 is 5.97 Å². The van der Waals surface area contributed by atoms with Crippen molar-refractivity contribution in [2.45, 2.75) is 25.9 Å². The van der Waals surface area contributed by atoms with E-state index >= 15 is 0 Å². The van der Waals surface area contributed by atoms with Crippen LogP contribution in [0, 0.1) is 0 Å². The van der Waals surface area contributed by atoms with Crippen LogP contribution in [0.3, 0.4) is 0 Å². The molecule has 1 aromatic rings. The SMILES string of the molecule is COc1cc2c(cc1OC)OC(C)(C)C(CC(=O)O)=C2. The number of carbonyl (C=O) groups is 1. The molecule has 0 aliphatic carbocycles. The fourth-order valence-corrected chi connectivity index (χ4v) is 2.21. The highest BCUT2D eigenvalue weighted by Crippen LogP contribution is 2.42. The number of aliphatic carboxylic acids is 1. The molecular weight excluding hydrogens is 260 g/mol. The minimum atomic E-state index is -0.878. The fourth-order valence-electron chi connectivity index (χ4n) is 2.21. The first kappa shape index (κ1) is 14.2. The molecule has 1 aromatic carbocycles. The van der Waals surface area contributed by atoms with Crippen LogP contribution in [0.4, 0.5) is 0 Å². The van der Waals surface area contributed by atoms with Gasteiger partial charge in [-0.3, -0.25) is 4.79 Å². The lowest BCUT2D eigenvalue weighted by molar-refractivity contribution is -0.136. The number of ether oxygens (including phenoxy) is 3. The van der Waals surface area contributed by atoms with E-state index in [1.54, 1.807) is 26.4 Å². The Morgan fingerprint density at radius 1 is 1.25 bits per heavy atom. The Morgan fingerprint density at radius 2 is 1.85 bits per heavy atom. The van der Waals surface area contributed by atoms with Gasteiger partial charge in [-0.2, -0.15) is 0 Å². The summed E-state index contributed by atoms with van der Waals surface area (Å²) in [5.74, 6) is 0.941. The molecule has 0 bridgehead atoms. The second kappa shape index (κ2) is 5.07. The minimum Gasteiger partial charge on any atom is -0.493 e. The second-order valence-electron chi connectivity index (χ2n) is 5.10. The molecule has 20 heavy (non-hydrogen) atoms. The van der Waals surface area contributed by atoms with Crippen molar-refractivity contribution in [3.05, 3.63) is 23.3 Å². The zero-order valence-electron chi connectivity index (χ0n) is 12.0. The van der Waals surface area contributed by atoms with E-state index in [1.807, 2.05) is 19.9 Å². The van der Waals surface area contributed by atoms with Crippen molar-refractivity contribution in [3.63, 3.8) is 0 Å². The van der Waals surface area contributed by atoms with Crippen LogP contribution in [0.1, 0.15) is 25.8 Å². The Balaban J connectivity index is 2.51. The van der Waals surface area contributed by atoms with Crippen molar-refractivity contribution in [1.82, 2.24) is 0 Å². The number of carboxylic acid groups (broad SMARTS) is 1. The number of carboxylic acids is 1. The van der Waals surface area contributed by atoms with Crippen LogP contribution in [0.5, 0.6) is 17.2 Å². The summed E-state index contributed by atoms with van der Waals surface area (Å²) in [6, 6.07) is 3.54. The summed E-state index contributed by atoms with van der Waals surface area (Å²) >= 11 is 0. The predicted molar refractivity (Wildman–Crippen MR) is 74.5 cm³/mol. The van der Waals surface area contributed by atoms with Crippen molar-refractivity contribution in [2.24, 2.45) is 0 Å². The number of rotatable bonds is 4. The molecule has 108 valence electrons. The van der Waals surface area contributed by atoms with Gasteiger partial charge in [0.15, 0.2) is 11.5 Å². The normalized spacial score (nSPS) is 15.7. The van der Waals surface area contributed by atoms with Gasteiger partial charge in [-0.25, -0.2) is 0 Å². The lowest BCUT2D eigenvalue weighted by Crippen LogP contribution is -2.34. The van der Waals surface area contributed by atoms with E-state index in [9.17, 15) is 4.79 Å². The number of methoxy groups -OCH3 is 2. The van der Waals surface area contributed by atoms with Crippen LogP contribution >= 0.6 is 0 Å². The zero-order valence-corrected chi connectivity index (χ0v) is 12.0. The number of fused-ring (bicyclic) bond motifs is 1. The molecule has 0 aromatic heterocycles. The highest BCUT2D eigenvalue weighted by Gasteiger charge is 2.32. The maximum Gasteiger partial charge on any atom is 0.307 e. The standard InChI is InChI=1S/C15H18O5/c1-15(2)10(7-14(16)17)5-9-6-12(18-3)13(19-4)8-11(9)20-15/h5-6,8H,7H2,1-4H3,(H,16,17). The minimum absolute atomic E-state index is 0.0548. The van der Waals surface area contributed by atoms with E-state index in [0.29, 0.717) is 22.8 Å². The molecule has 0 unspecified atom stereocenters. The highest BCUT2D eigenvalue weighted by molar-refractivity contribution is 5.76. The van der Waals surface area contributed by atoms with Crippen molar-refractivity contribution in [1.29, 1.82) is 0 Å². The molecule has 0 spiro atoms. The Labute approximate surface area is 117 Å². The Bertz CT molecular complexity index is 572. The average molecular weight is 278 g/mol. The molecule has 0 saturated carbocycles. The van der Waals surface area contributed by atoms with E-state index in [4.69, 9.17) is 19.3 Å². The van der Waals surface area contributed by atoms with E-state index in [2.05, 4.69) is 0 Å². The molecule has 1 aliphatic rings. The van der Waals surface area contributed by atoms with Gasteiger partial charge in [0, 0.05) is 11.6 Å². The summed E-state index contributed by atoms with van der Waals surface area (Å²) in [4.78, 5) is 10.9. The van der Waals surface area contributed by atoms with Crippen molar-refractivity contribution in [2.75, 3.05) is 14.2 Å². The summed E-state index contributed by atoms with van der Waals surface area (Å²) in [5, 5.41) is 8.99. The van der Waals surface area contributed by atoms with Crippen molar-refractivity contribution >= 4 is 12.0 Å². The van der Waals surface area contributed by atoms with Crippen molar-refractivity contribution in [3.8, 4) is 17.2 Å². The van der Waals surface area contributed by atoms with Crippen molar-refractivity contribution < 1.29 is 24.1 Å². The molecule has 1 N–H and O–H groups in total. The van der Waals surface area contributed by atoms with Crippen LogP contribution in [0.2, 0.25) is 0 Å². The highest BCUT2D eigenvalue weighted by atomic mass is 16.5. The molecule has 0 saturated heterocycles. The third kappa shape index (κ3) is 2.57. The molecule has 0 radical (unpaired) electrons. The molecule has 2 rings (SSSR count). The Morgan fingerprint density at radius 3 is 2.40 bits per heavy atom. The lowest BCUT2D eigenvalue weighted by Gasteiger charge is -2.33. The van der Waals surface area contributed by atoms with E-state index in [-0.39, 0.29) is 6.42 Å². The first-order chi connectivity index (χ1) is 9.37. The second-order valence-corrected chi connectivity index (χ2v) is 5.10. The van der Waals surface area contributed by atoms with Gasteiger partial charge in [0.1, 0.15) is 11.4 Å². The van der Waals surface area contributed by atoms with Crippen LogP contribution in [-0.4, -0.2) is 30.9 Å². The van der Waals surface area contributed by atoms with Gasteiger partial charge < -0.3 is 19.3 Å².